The van der Waals surface area contributed by atoms with Crippen LogP contribution in [0.25, 0.3) is 0 Å². The van der Waals surface area contributed by atoms with Crippen molar-refractivity contribution in [2.45, 2.75) is 51.6 Å². The molecule has 0 amide bonds. The highest BCUT2D eigenvalue weighted by Gasteiger charge is 2.16. The largest absolute Gasteiger partial charge is 0.462 e. The molecule has 0 aromatic rings. The highest BCUT2D eigenvalue weighted by atomic mass is 16.5. The first-order chi connectivity index (χ1) is 5.33. The van der Waals surface area contributed by atoms with E-state index in [1.165, 1.54) is 0 Å². The number of carbonyl (C=O) groups is 1. The summed E-state index contributed by atoms with van der Waals surface area (Å²) >= 11 is 0. The van der Waals surface area contributed by atoms with E-state index in [4.69, 9.17) is 4.74 Å². The zero-order valence-electron chi connectivity index (χ0n) is 7.14. The molecule has 0 spiro atoms. The Labute approximate surface area is 67.9 Å². The van der Waals surface area contributed by atoms with Gasteiger partial charge in [0.2, 0.25) is 0 Å². The van der Waals surface area contributed by atoms with Crippen LogP contribution in [0, 0.1) is 0 Å². The Morgan fingerprint density at radius 3 is 3.09 bits per heavy atom. The van der Waals surface area contributed by atoms with Crippen molar-refractivity contribution in [1.29, 1.82) is 0 Å². The maximum atomic E-state index is 10.9. The summed E-state index contributed by atoms with van der Waals surface area (Å²) in [4.78, 5) is 10.9. The number of ether oxygens (including phenoxy) is 1. The molecule has 1 saturated heterocycles. The minimum absolute atomic E-state index is 0.000880. The molecule has 11 heavy (non-hydrogen) atoms. The Bertz CT molecular complexity index is 132. The lowest BCUT2D eigenvalue weighted by atomic mass is 10.1. The van der Waals surface area contributed by atoms with Crippen LogP contribution in [0.5, 0.6) is 0 Å². The number of hydrogen-bond acceptors (Lipinski definition) is 2. The monoisotopic (exact) mass is 156 g/mol. The van der Waals surface area contributed by atoms with Gasteiger partial charge in [-0.15, -0.1) is 0 Å². The van der Waals surface area contributed by atoms with E-state index in [9.17, 15) is 4.79 Å². The zero-order valence-corrected chi connectivity index (χ0v) is 7.14. The van der Waals surface area contributed by atoms with Crippen LogP contribution in [0.3, 0.4) is 0 Å². The third-order valence-electron chi connectivity index (χ3n) is 2.07. The summed E-state index contributed by atoms with van der Waals surface area (Å²) in [5, 5.41) is 0. The van der Waals surface area contributed by atoms with Crippen molar-refractivity contribution in [3.8, 4) is 0 Å². The van der Waals surface area contributed by atoms with Crippen LogP contribution >= 0.6 is 0 Å². The van der Waals surface area contributed by atoms with E-state index in [0.29, 0.717) is 6.42 Å². The van der Waals surface area contributed by atoms with E-state index in [1.807, 2.05) is 0 Å². The molecule has 1 atom stereocenters. The van der Waals surface area contributed by atoms with Gasteiger partial charge in [0, 0.05) is 6.42 Å². The van der Waals surface area contributed by atoms with E-state index in [0.717, 1.165) is 32.1 Å². The van der Waals surface area contributed by atoms with Gasteiger partial charge in [-0.1, -0.05) is 13.3 Å². The van der Waals surface area contributed by atoms with Crippen molar-refractivity contribution in [2.24, 2.45) is 0 Å². The van der Waals surface area contributed by atoms with Gasteiger partial charge in [0.05, 0.1) is 0 Å². The second-order valence-electron chi connectivity index (χ2n) is 3.15. The summed E-state index contributed by atoms with van der Waals surface area (Å²) in [6.07, 6.45) is 6.22. The average Bonchev–Trinajstić information content (AvgIpc) is 2.15. The highest BCUT2D eigenvalue weighted by Crippen LogP contribution is 2.17. The molecule has 0 radical (unpaired) electrons. The minimum atomic E-state index is 0.000880. The molecule has 2 heteroatoms. The van der Waals surface area contributed by atoms with Gasteiger partial charge in [-0.3, -0.25) is 4.79 Å². The number of carbonyl (C=O) groups excluding carboxylic acids is 1. The lowest BCUT2D eigenvalue weighted by molar-refractivity contribution is -0.148. The fourth-order valence-corrected chi connectivity index (χ4v) is 1.47. The Hall–Kier alpha value is -0.530. The first-order valence-electron chi connectivity index (χ1n) is 4.52. The fraction of sp³-hybridized carbons (Fsp3) is 0.889. The average molecular weight is 156 g/mol. The van der Waals surface area contributed by atoms with Gasteiger partial charge in [-0.2, -0.15) is 0 Å². The molecule has 2 nitrogen and oxygen atoms in total. The number of esters is 1. The summed E-state index contributed by atoms with van der Waals surface area (Å²) in [5.74, 6) is 0.000880. The smallest absolute Gasteiger partial charge is 0.306 e. The summed E-state index contributed by atoms with van der Waals surface area (Å²) < 4.78 is 5.21. The van der Waals surface area contributed by atoms with Crippen molar-refractivity contribution in [3.05, 3.63) is 0 Å². The van der Waals surface area contributed by atoms with Crippen LogP contribution in [0.1, 0.15) is 45.4 Å². The van der Waals surface area contributed by atoms with Gasteiger partial charge >= 0.3 is 5.97 Å². The predicted octanol–water partition coefficient (Wildman–Crippen LogP) is 2.27. The third-order valence-corrected chi connectivity index (χ3v) is 2.07. The molecule has 0 unspecified atom stereocenters. The molecule has 0 aliphatic carbocycles. The summed E-state index contributed by atoms with van der Waals surface area (Å²) in [6, 6.07) is 0. The number of rotatable bonds is 2. The van der Waals surface area contributed by atoms with Crippen LogP contribution in [0.2, 0.25) is 0 Å². The topological polar surface area (TPSA) is 26.3 Å². The SMILES string of the molecule is CCC[C@@H]1CCCCC(=O)O1. The van der Waals surface area contributed by atoms with Crippen LogP contribution in [-0.2, 0) is 9.53 Å². The first kappa shape index (κ1) is 8.57. The van der Waals surface area contributed by atoms with Crippen LogP contribution in [0.15, 0.2) is 0 Å². The van der Waals surface area contributed by atoms with Gasteiger partial charge < -0.3 is 4.74 Å². The molecule has 64 valence electrons. The van der Waals surface area contributed by atoms with E-state index >= 15 is 0 Å². The number of cyclic esters (lactones) is 1. The molecule has 0 aromatic carbocycles. The maximum Gasteiger partial charge on any atom is 0.306 e. The molecule has 0 saturated carbocycles. The lowest BCUT2D eigenvalue weighted by Crippen LogP contribution is -2.14. The summed E-state index contributed by atoms with van der Waals surface area (Å²) in [7, 11) is 0. The Morgan fingerprint density at radius 1 is 1.55 bits per heavy atom. The van der Waals surface area contributed by atoms with Crippen molar-refractivity contribution in [2.75, 3.05) is 0 Å². The third kappa shape index (κ3) is 2.91. The summed E-state index contributed by atoms with van der Waals surface area (Å²) in [5.41, 5.74) is 0. The van der Waals surface area contributed by atoms with Crippen LogP contribution in [-0.4, -0.2) is 12.1 Å². The second-order valence-corrected chi connectivity index (χ2v) is 3.15. The fourth-order valence-electron chi connectivity index (χ4n) is 1.47. The molecule has 0 aromatic heterocycles. The Kier molecular flexibility index (Phi) is 3.40. The highest BCUT2D eigenvalue weighted by molar-refractivity contribution is 5.69. The molecule has 1 heterocycles. The zero-order chi connectivity index (χ0) is 8.10. The molecule has 1 aliphatic rings. The quantitative estimate of drug-likeness (QED) is 0.573. The molecular formula is C9H16O2. The van der Waals surface area contributed by atoms with Crippen molar-refractivity contribution >= 4 is 5.97 Å². The molecule has 0 N–H and O–H groups in total. The molecule has 1 aliphatic heterocycles. The molecule has 0 bridgehead atoms. The van der Waals surface area contributed by atoms with Gasteiger partial charge in [0.15, 0.2) is 0 Å². The summed E-state index contributed by atoms with van der Waals surface area (Å²) in [6.45, 7) is 2.12. The Morgan fingerprint density at radius 2 is 2.36 bits per heavy atom. The molecule has 1 fully saturated rings. The van der Waals surface area contributed by atoms with Crippen LogP contribution < -0.4 is 0 Å². The Balaban J connectivity index is 2.33. The second kappa shape index (κ2) is 4.37. The lowest BCUT2D eigenvalue weighted by Gasteiger charge is -2.12. The standard InChI is InChI=1S/C9H16O2/c1-2-5-8-6-3-4-7-9(10)11-8/h8H,2-7H2,1H3/t8-/m1/s1. The van der Waals surface area contributed by atoms with Gasteiger partial charge in [-0.25, -0.2) is 0 Å². The molecular weight excluding hydrogens is 140 g/mol. The van der Waals surface area contributed by atoms with Crippen molar-refractivity contribution in [3.63, 3.8) is 0 Å². The van der Waals surface area contributed by atoms with E-state index in [2.05, 4.69) is 6.92 Å². The van der Waals surface area contributed by atoms with E-state index in [-0.39, 0.29) is 12.1 Å². The van der Waals surface area contributed by atoms with Gasteiger partial charge in [-0.05, 0) is 25.7 Å². The maximum absolute atomic E-state index is 10.9. The predicted molar refractivity (Wildman–Crippen MR) is 43.3 cm³/mol. The normalized spacial score (nSPS) is 25.9. The minimum Gasteiger partial charge on any atom is -0.462 e. The van der Waals surface area contributed by atoms with Gasteiger partial charge in [0.25, 0.3) is 0 Å². The van der Waals surface area contributed by atoms with Crippen molar-refractivity contribution in [1.82, 2.24) is 0 Å². The van der Waals surface area contributed by atoms with Gasteiger partial charge in [0.1, 0.15) is 6.10 Å². The number of hydrogen-bond donors (Lipinski definition) is 0. The van der Waals surface area contributed by atoms with Crippen molar-refractivity contribution < 1.29 is 9.53 Å². The van der Waals surface area contributed by atoms with E-state index in [1.54, 1.807) is 0 Å². The molecule has 1 rings (SSSR count). The first-order valence-corrected chi connectivity index (χ1v) is 4.52. The van der Waals surface area contributed by atoms with Crippen LogP contribution in [0.4, 0.5) is 0 Å². The van der Waals surface area contributed by atoms with E-state index < -0.39 is 0 Å².